The van der Waals surface area contributed by atoms with E-state index in [0.717, 1.165) is 36.4 Å². The van der Waals surface area contributed by atoms with E-state index in [1.54, 1.807) is 18.3 Å². The Bertz CT molecular complexity index is 771. The summed E-state index contributed by atoms with van der Waals surface area (Å²) in [4.78, 5) is 28.4. The Balaban J connectivity index is 1.90. The zero-order valence-electron chi connectivity index (χ0n) is 13.7. The molecular formula is C17H20N2O4S. The van der Waals surface area contributed by atoms with E-state index in [2.05, 4.69) is 10.3 Å². The maximum absolute atomic E-state index is 12.9. The number of nitrogens with zero attached hydrogens (tertiary/aromatic N) is 1. The molecule has 0 aromatic carbocycles. The highest BCUT2D eigenvalue weighted by molar-refractivity contribution is 7.09. The first kappa shape index (κ1) is 16.7. The van der Waals surface area contributed by atoms with Crippen molar-refractivity contribution in [3.63, 3.8) is 0 Å². The van der Waals surface area contributed by atoms with E-state index in [-0.39, 0.29) is 18.1 Å². The van der Waals surface area contributed by atoms with Crippen molar-refractivity contribution in [3.8, 4) is 0 Å². The summed E-state index contributed by atoms with van der Waals surface area (Å²) in [7, 11) is 0. The van der Waals surface area contributed by atoms with Gasteiger partial charge in [0.2, 0.25) is 0 Å². The van der Waals surface area contributed by atoms with E-state index in [0.29, 0.717) is 11.1 Å². The molecule has 2 heterocycles. The minimum Gasteiger partial charge on any atom is -0.481 e. The van der Waals surface area contributed by atoms with Crippen molar-refractivity contribution in [1.82, 2.24) is 10.3 Å². The number of hydrogen-bond acceptors (Lipinski definition) is 5. The Hall–Kier alpha value is -2.15. The molecule has 1 saturated carbocycles. The van der Waals surface area contributed by atoms with Crippen LogP contribution in [0.4, 0.5) is 0 Å². The average molecular weight is 348 g/mol. The monoisotopic (exact) mass is 348 g/mol. The van der Waals surface area contributed by atoms with Gasteiger partial charge in [-0.2, -0.15) is 0 Å². The van der Waals surface area contributed by atoms with Gasteiger partial charge in [0.1, 0.15) is 17.2 Å². The second-order valence-electron chi connectivity index (χ2n) is 6.32. The lowest BCUT2D eigenvalue weighted by Gasteiger charge is -2.28. The van der Waals surface area contributed by atoms with Crippen LogP contribution in [-0.2, 0) is 16.8 Å². The molecule has 1 amide bonds. The molecular weight excluding hydrogens is 328 g/mol. The van der Waals surface area contributed by atoms with Crippen LogP contribution in [0.5, 0.6) is 0 Å². The van der Waals surface area contributed by atoms with Gasteiger partial charge in [0, 0.05) is 16.6 Å². The molecule has 0 unspecified atom stereocenters. The van der Waals surface area contributed by atoms with Crippen molar-refractivity contribution in [3.05, 3.63) is 39.2 Å². The second-order valence-corrected chi connectivity index (χ2v) is 7.18. The number of aliphatic carboxylic acids is 1. The number of furan rings is 1. The lowest BCUT2D eigenvalue weighted by molar-refractivity contribution is -0.136. The number of carbonyl (C=O) groups is 2. The van der Waals surface area contributed by atoms with Gasteiger partial charge >= 0.3 is 5.97 Å². The number of hydrogen-bond donors (Lipinski definition) is 2. The summed E-state index contributed by atoms with van der Waals surface area (Å²) >= 11 is 1.56. The van der Waals surface area contributed by atoms with Crippen LogP contribution >= 0.6 is 11.3 Å². The molecule has 3 rings (SSSR count). The number of nitrogens with one attached hydrogen (secondary N) is 1. The topological polar surface area (TPSA) is 92.4 Å². The molecule has 1 fully saturated rings. The molecule has 1 aliphatic carbocycles. The lowest BCUT2D eigenvalue weighted by Crippen LogP contribution is -2.44. The predicted octanol–water partition coefficient (Wildman–Crippen LogP) is 3.18. The summed E-state index contributed by atoms with van der Waals surface area (Å²) in [5.41, 5.74) is 1.46. The van der Waals surface area contributed by atoms with Gasteiger partial charge in [0.05, 0.1) is 17.4 Å². The number of thiazole rings is 1. The number of carboxylic acids is 1. The van der Waals surface area contributed by atoms with Crippen LogP contribution in [0.2, 0.25) is 0 Å². The third-order valence-corrected chi connectivity index (χ3v) is 5.59. The highest BCUT2D eigenvalue weighted by Gasteiger charge is 2.40. The van der Waals surface area contributed by atoms with Crippen LogP contribution < -0.4 is 5.32 Å². The molecule has 0 aliphatic heterocycles. The first-order chi connectivity index (χ1) is 11.4. The fraction of sp³-hybridized carbons (Fsp3) is 0.471. The third kappa shape index (κ3) is 3.08. The highest BCUT2D eigenvalue weighted by Crippen LogP contribution is 2.40. The summed E-state index contributed by atoms with van der Waals surface area (Å²) in [6.45, 7) is 3.69. The number of carboxylic acid groups (broad SMARTS) is 1. The van der Waals surface area contributed by atoms with Crippen LogP contribution in [0.15, 0.2) is 16.1 Å². The van der Waals surface area contributed by atoms with Crippen LogP contribution in [-0.4, -0.2) is 22.0 Å². The summed E-state index contributed by atoms with van der Waals surface area (Å²) in [5, 5.41) is 15.0. The maximum Gasteiger partial charge on any atom is 0.311 e. The average Bonchev–Trinajstić information content (AvgIpc) is 3.20. The number of rotatable bonds is 5. The van der Waals surface area contributed by atoms with Gasteiger partial charge in [-0.15, -0.1) is 11.3 Å². The Morgan fingerprint density at radius 3 is 2.67 bits per heavy atom. The molecule has 0 radical (unpaired) electrons. The van der Waals surface area contributed by atoms with Crippen LogP contribution in [0, 0.1) is 13.8 Å². The van der Waals surface area contributed by atoms with E-state index in [4.69, 9.17) is 9.52 Å². The molecule has 1 aliphatic rings. The van der Waals surface area contributed by atoms with Gasteiger partial charge < -0.3 is 14.8 Å². The molecule has 7 heteroatoms. The van der Waals surface area contributed by atoms with Crippen LogP contribution in [0.25, 0.3) is 0 Å². The minimum absolute atomic E-state index is 0.195. The van der Waals surface area contributed by atoms with Crippen molar-refractivity contribution in [2.45, 2.75) is 51.5 Å². The van der Waals surface area contributed by atoms with Crippen molar-refractivity contribution >= 4 is 23.2 Å². The molecule has 2 aromatic heterocycles. The summed E-state index contributed by atoms with van der Waals surface area (Å²) < 4.78 is 5.28. The Morgan fingerprint density at radius 2 is 2.08 bits per heavy atom. The van der Waals surface area contributed by atoms with Crippen molar-refractivity contribution < 1.29 is 19.1 Å². The van der Waals surface area contributed by atoms with E-state index in [1.807, 2.05) is 12.3 Å². The molecule has 0 bridgehead atoms. The molecule has 24 heavy (non-hydrogen) atoms. The Kier molecular flexibility index (Phi) is 4.45. The normalized spacial score (nSPS) is 16.2. The smallest absolute Gasteiger partial charge is 0.311 e. The van der Waals surface area contributed by atoms with Gasteiger partial charge in [-0.3, -0.25) is 9.59 Å². The number of amides is 1. The lowest BCUT2D eigenvalue weighted by atomic mass is 9.97. The quantitative estimate of drug-likeness (QED) is 0.866. The van der Waals surface area contributed by atoms with Gasteiger partial charge in [0.15, 0.2) is 0 Å². The van der Waals surface area contributed by atoms with Gasteiger partial charge in [-0.1, -0.05) is 12.8 Å². The third-order valence-electron chi connectivity index (χ3n) is 4.43. The number of aromatic nitrogens is 1. The van der Waals surface area contributed by atoms with Gasteiger partial charge in [-0.25, -0.2) is 4.98 Å². The molecule has 6 nitrogen and oxygen atoms in total. The minimum atomic E-state index is -1.02. The Morgan fingerprint density at radius 1 is 1.38 bits per heavy atom. The molecule has 0 saturated heterocycles. The molecule has 2 aromatic rings. The second kappa shape index (κ2) is 6.39. The van der Waals surface area contributed by atoms with Gasteiger partial charge in [0.25, 0.3) is 5.91 Å². The largest absolute Gasteiger partial charge is 0.481 e. The molecule has 2 N–H and O–H groups in total. The zero-order valence-corrected chi connectivity index (χ0v) is 14.5. The fourth-order valence-electron chi connectivity index (χ4n) is 3.29. The fourth-order valence-corrected chi connectivity index (χ4v) is 4.31. The number of aryl methyl sites for hydroxylation is 2. The van der Waals surface area contributed by atoms with Crippen molar-refractivity contribution in [1.29, 1.82) is 0 Å². The summed E-state index contributed by atoms with van der Waals surface area (Å²) in [6.07, 6.45) is 4.88. The summed E-state index contributed by atoms with van der Waals surface area (Å²) in [6, 6.07) is 0. The van der Waals surface area contributed by atoms with E-state index < -0.39 is 11.5 Å². The first-order valence-corrected chi connectivity index (χ1v) is 8.83. The van der Waals surface area contributed by atoms with Crippen LogP contribution in [0.1, 0.15) is 58.1 Å². The van der Waals surface area contributed by atoms with E-state index in [1.165, 1.54) is 6.26 Å². The predicted molar refractivity (Wildman–Crippen MR) is 89.2 cm³/mol. The van der Waals surface area contributed by atoms with E-state index in [9.17, 15) is 9.59 Å². The molecule has 128 valence electrons. The zero-order chi connectivity index (χ0) is 17.3. The maximum atomic E-state index is 12.9. The Labute approximate surface area is 143 Å². The first-order valence-electron chi connectivity index (χ1n) is 7.95. The van der Waals surface area contributed by atoms with Gasteiger partial charge in [-0.05, 0) is 26.7 Å². The SMILES string of the molecule is Cc1csc(C2(NC(=O)c3c(C)coc3CC(=O)O)CCCC2)n1. The van der Waals surface area contributed by atoms with Crippen molar-refractivity contribution in [2.75, 3.05) is 0 Å². The molecule has 0 spiro atoms. The van der Waals surface area contributed by atoms with Crippen molar-refractivity contribution in [2.24, 2.45) is 0 Å². The van der Waals surface area contributed by atoms with E-state index >= 15 is 0 Å². The summed E-state index contributed by atoms with van der Waals surface area (Å²) in [5.74, 6) is -1.11. The van der Waals surface area contributed by atoms with Crippen LogP contribution in [0.3, 0.4) is 0 Å². The highest BCUT2D eigenvalue weighted by atomic mass is 32.1. The standard InChI is InChI=1S/C17H20N2O4S/c1-10-8-23-12(7-13(20)21)14(10)15(22)19-17(5-3-4-6-17)16-18-11(2)9-24-16/h8-9H,3-7H2,1-2H3,(H,19,22)(H,20,21). The molecule has 0 atom stereocenters. The number of carbonyl (C=O) groups excluding carboxylic acids is 1.